The second-order valence-electron chi connectivity index (χ2n) is 15.2. The standard InChI is InChI=1S/C47H50F2N2O5/c48-23-3-25-50-27-21-41(31-50)53-37-15-9-35(10-16-37)43-7-1-5-33-13-19-39(29-45(33)43)55-47(52)56-40-20-14-34-6-2-8-44(46(34)30-40)36-11-17-38(18-12-36)54-42-22-28-51(32-42)26-4-24-49/h7-20,29-30,41-42H,1-6,21-28,31-32H2. The second kappa shape index (κ2) is 17.9. The number of hydrogen-bond donors (Lipinski definition) is 0. The Labute approximate surface area is 328 Å². The van der Waals surface area contributed by atoms with Gasteiger partial charge in [-0.15, -0.1) is 0 Å². The fourth-order valence-corrected chi connectivity index (χ4v) is 8.47. The monoisotopic (exact) mass is 760 g/mol. The Morgan fingerprint density at radius 1 is 0.589 bits per heavy atom. The summed E-state index contributed by atoms with van der Waals surface area (Å²) in [6, 6.07) is 27.9. The van der Waals surface area contributed by atoms with Gasteiger partial charge < -0.3 is 18.9 Å². The molecule has 292 valence electrons. The Kier molecular flexibility index (Phi) is 12.1. The molecule has 2 unspecified atom stereocenters. The van der Waals surface area contributed by atoms with Crippen molar-refractivity contribution in [3.8, 4) is 23.0 Å². The summed E-state index contributed by atoms with van der Waals surface area (Å²) in [5, 5.41) is 0. The lowest BCUT2D eigenvalue weighted by Crippen LogP contribution is -2.26. The maximum Gasteiger partial charge on any atom is 0.519 e. The molecule has 0 amide bonds. The summed E-state index contributed by atoms with van der Waals surface area (Å²) in [6.45, 7) is 4.52. The normalized spacial score (nSPS) is 19.5. The summed E-state index contributed by atoms with van der Waals surface area (Å²) in [5.74, 6) is 2.50. The third kappa shape index (κ3) is 9.17. The van der Waals surface area contributed by atoms with Crippen LogP contribution in [0.25, 0.3) is 11.1 Å². The number of allylic oxidation sites excluding steroid dienone is 2. The smallest absolute Gasteiger partial charge is 0.489 e. The molecule has 2 atom stereocenters. The average Bonchev–Trinajstić information content (AvgIpc) is 3.88. The van der Waals surface area contributed by atoms with Crippen LogP contribution in [0.1, 0.15) is 71.9 Å². The number of carbonyl (C=O) groups excluding carboxylic acids is 1. The Balaban J connectivity index is 0.889. The van der Waals surface area contributed by atoms with Gasteiger partial charge in [-0.2, -0.15) is 0 Å². The summed E-state index contributed by atoms with van der Waals surface area (Å²) in [6.07, 6.45) is 10.6. The van der Waals surface area contributed by atoms with Crippen molar-refractivity contribution in [3.05, 3.63) is 130 Å². The maximum absolute atomic E-state index is 13.2. The lowest BCUT2D eigenvalue weighted by Gasteiger charge is -2.21. The number of likely N-dealkylation sites (tertiary alicyclic amines) is 2. The van der Waals surface area contributed by atoms with Crippen LogP contribution in [0.5, 0.6) is 23.0 Å². The van der Waals surface area contributed by atoms with Crippen molar-refractivity contribution in [2.24, 2.45) is 0 Å². The van der Waals surface area contributed by atoms with Crippen molar-refractivity contribution < 1.29 is 32.5 Å². The molecule has 7 nitrogen and oxygen atoms in total. The fourth-order valence-electron chi connectivity index (χ4n) is 8.47. The SMILES string of the molecule is O=C(Oc1ccc2c(c1)C(c1ccc(OC3CCN(CCCF)C3)cc1)=CCC2)Oc1ccc2c(c1)C(c1ccc(OC3CCN(CCCF)C3)cc1)=CCC2. The van der Waals surface area contributed by atoms with Gasteiger partial charge >= 0.3 is 6.16 Å². The van der Waals surface area contributed by atoms with E-state index in [0.717, 1.165) is 123 Å². The van der Waals surface area contributed by atoms with Gasteiger partial charge in [0.15, 0.2) is 0 Å². The van der Waals surface area contributed by atoms with E-state index in [0.29, 0.717) is 24.3 Å². The second-order valence-corrected chi connectivity index (χ2v) is 15.2. The molecule has 0 aromatic heterocycles. The minimum atomic E-state index is -0.791. The Morgan fingerprint density at radius 3 is 1.45 bits per heavy atom. The average molecular weight is 761 g/mol. The molecule has 0 saturated carbocycles. The Morgan fingerprint density at radius 2 is 1.02 bits per heavy atom. The van der Waals surface area contributed by atoms with Crippen LogP contribution in [0.15, 0.2) is 97.1 Å². The first-order chi connectivity index (χ1) is 27.5. The molecular weight excluding hydrogens is 711 g/mol. The van der Waals surface area contributed by atoms with Crippen molar-refractivity contribution in [2.75, 3.05) is 52.6 Å². The summed E-state index contributed by atoms with van der Waals surface area (Å²) in [7, 11) is 0. The van der Waals surface area contributed by atoms with Crippen molar-refractivity contribution in [3.63, 3.8) is 0 Å². The number of alkyl halides is 2. The molecule has 4 aromatic rings. The van der Waals surface area contributed by atoms with Crippen LogP contribution < -0.4 is 18.9 Å². The van der Waals surface area contributed by atoms with Crippen LogP contribution >= 0.6 is 0 Å². The van der Waals surface area contributed by atoms with Crippen LogP contribution in [-0.4, -0.2) is 80.8 Å². The Hall–Kier alpha value is -4.99. The van der Waals surface area contributed by atoms with Crippen molar-refractivity contribution >= 4 is 17.3 Å². The zero-order valence-electron chi connectivity index (χ0n) is 31.9. The number of aryl methyl sites for hydroxylation is 2. The van der Waals surface area contributed by atoms with Gasteiger partial charge in [0.25, 0.3) is 0 Å². The van der Waals surface area contributed by atoms with Crippen molar-refractivity contribution in [2.45, 2.75) is 63.6 Å². The number of hydrogen-bond acceptors (Lipinski definition) is 7. The number of carbonyl (C=O) groups is 1. The first kappa shape index (κ1) is 37.9. The van der Waals surface area contributed by atoms with Gasteiger partial charge in [-0.1, -0.05) is 48.6 Å². The highest BCUT2D eigenvalue weighted by molar-refractivity contribution is 5.85. The zero-order valence-corrected chi connectivity index (χ0v) is 31.9. The van der Waals surface area contributed by atoms with E-state index in [9.17, 15) is 13.6 Å². The summed E-state index contributed by atoms with van der Waals surface area (Å²) in [5.41, 5.74) is 8.81. The number of ether oxygens (including phenoxy) is 4. The molecule has 4 aliphatic rings. The molecule has 0 radical (unpaired) electrons. The van der Waals surface area contributed by atoms with E-state index in [4.69, 9.17) is 18.9 Å². The van der Waals surface area contributed by atoms with E-state index >= 15 is 0 Å². The van der Waals surface area contributed by atoms with Crippen molar-refractivity contribution in [1.82, 2.24) is 9.80 Å². The van der Waals surface area contributed by atoms with Crippen molar-refractivity contribution in [1.29, 1.82) is 0 Å². The van der Waals surface area contributed by atoms with Crippen LogP contribution in [0, 0.1) is 0 Å². The molecule has 0 N–H and O–H groups in total. The predicted octanol–water partition coefficient (Wildman–Crippen LogP) is 9.65. The third-order valence-electron chi connectivity index (χ3n) is 11.3. The number of halogens is 2. The lowest BCUT2D eigenvalue weighted by atomic mass is 9.87. The topological polar surface area (TPSA) is 60.5 Å². The van der Waals surface area contributed by atoms with Gasteiger partial charge in [-0.05, 0) is 144 Å². The van der Waals surface area contributed by atoms with Gasteiger partial charge in [0, 0.05) is 39.3 Å². The van der Waals surface area contributed by atoms with E-state index in [1.165, 1.54) is 11.1 Å². The van der Waals surface area contributed by atoms with E-state index < -0.39 is 6.16 Å². The predicted molar refractivity (Wildman–Crippen MR) is 215 cm³/mol. The van der Waals surface area contributed by atoms with Crippen LogP contribution in [0.3, 0.4) is 0 Å². The van der Waals surface area contributed by atoms with Crippen LogP contribution in [0.4, 0.5) is 13.6 Å². The van der Waals surface area contributed by atoms with Crippen LogP contribution in [-0.2, 0) is 12.8 Å². The first-order valence-corrected chi connectivity index (χ1v) is 20.2. The highest BCUT2D eigenvalue weighted by atomic mass is 19.1. The van der Waals surface area contributed by atoms with Gasteiger partial charge in [0.2, 0.25) is 0 Å². The molecule has 0 bridgehead atoms. The molecule has 4 aromatic carbocycles. The van der Waals surface area contributed by atoms with Gasteiger partial charge in [0.05, 0.1) is 13.3 Å². The van der Waals surface area contributed by atoms with Gasteiger partial charge in [-0.25, -0.2) is 4.79 Å². The first-order valence-electron chi connectivity index (χ1n) is 20.2. The lowest BCUT2D eigenvalue weighted by molar-refractivity contribution is 0.152. The number of fused-ring (bicyclic) bond motifs is 2. The molecule has 56 heavy (non-hydrogen) atoms. The summed E-state index contributed by atoms with van der Waals surface area (Å²) < 4.78 is 49.3. The fraction of sp³-hybridized carbons (Fsp3) is 0.383. The molecule has 8 rings (SSSR count). The van der Waals surface area contributed by atoms with E-state index in [2.05, 4.69) is 46.2 Å². The maximum atomic E-state index is 13.2. The largest absolute Gasteiger partial charge is 0.519 e. The van der Waals surface area contributed by atoms with E-state index in [-0.39, 0.29) is 25.6 Å². The molecule has 2 saturated heterocycles. The molecule has 2 aliphatic heterocycles. The number of rotatable bonds is 14. The number of benzene rings is 4. The highest BCUT2D eigenvalue weighted by Crippen LogP contribution is 2.37. The molecular formula is C47H50F2N2O5. The molecule has 0 spiro atoms. The minimum Gasteiger partial charge on any atom is -0.489 e. The molecule has 9 heteroatoms. The van der Waals surface area contributed by atoms with E-state index in [1.807, 2.05) is 60.7 Å². The quantitative estimate of drug-likeness (QED) is 0.0938. The molecule has 2 heterocycles. The van der Waals surface area contributed by atoms with Gasteiger partial charge in [-0.3, -0.25) is 18.6 Å². The summed E-state index contributed by atoms with van der Waals surface area (Å²) in [4.78, 5) is 17.7. The molecule has 2 fully saturated rings. The highest BCUT2D eigenvalue weighted by Gasteiger charge is 2.25. The Bertz CT molecular complexity index is 1900. The van der Waals surface area contributed by atoms with E-state index in [1.54, 1.807) is 0 Å². The third-order valence-corrected chi connectivity index (χ3v) is 11.3. The minimum absolute atomic E-state index is 0.114. The number of nitrogens with zero attached hydrogens (tertiary/aromatic N) is 2. The summed E-state index contributed by atoms with van der Waals surface area (Å²) >= 11 is 0. The van der Waals surface area contributed by atoms with Gasteiger partial charge in [0.1, 0.15) is 35.2 Å². The molecule has 2 aliphatic carbocycles. The van der Waals surface area contributed by atoms with Crippen LogP contribution in [0.2, 0.25) is 0 Å². The zero-order chi connectivity index (χ0) is 38.3.